The largest absolute Gasteiger partial charge is 0.494 e. The monoisotopic (exact) mass is 264 g/mol. The lowest BCUT2D eigenvalue weighted by Crippen LogP contribution is -2.22. The van der Waals surface area contributed by atoms with Crippen LogP contribution in [0.3, 0.4) is 0 Å². The SMILES string of the molecule is CCOc1ccc(NC(=O)C(C)SCC#N)cc1. The molecular weight excluding hydrogens is 248 g/mol. The molecule has 0 fully saturated rings. The Hall–Kier alpha value is -1.67. The summed E-state index contributed by atoms with van der Waals surface area (Å²) in [7, 11) is 0. The van der Waals surface area contributed by atoms with E-state index in [0.29, 0.717) is 12.4 Å². The summed E-state index contributed by atoms with van der Waals surface area (Å²) < 4.78 is 5.31. The van der Waals surface area contributed by atoms with Gasteiger partial charge in [0.25, 0.3) is 0 Å². The molecule has 1 aromatic rings. The second-order valence-corrected chi connectivity index (χ2v) is 4.89. The number of nitriles is 1. The molecule has 0 aromatic heterocycles. The number of rotatable bonds is 6. The first-order valence-electron chi connectivity index (χ1n) is 5.69. The summed E-state index contributed by atoms with van der Waals surface area (Å²) in [5.74, 6) is 1.000. The van der Waals surface area contributed by atoms with Crippen LogP contribution in [-0.2, 0) is 4.79 Å². The van der Waals surface area contributed by atoms with Gasteiger partial charge in [-0.3, -0.25) is 4.79 Å². The molecule has 96 valence electrons. The maximum absolute atomic E-state index is 11.8. The van der Waals surface area contributed by atoms with Gasteiger partial charge in [0.15, 0.2) is 0 Å². The number of nitrogens with zero attached hydrogens (tertiary/aromatic N) is 1. The zero-order chi connectivity index (χ0) is 13.4. The second-order valence-electron chi connectivity index (χ2n) is 3.56. The second kappa shape index (κ2) is 7.62. The van der Waals surface area contributed by atoms with Crippen molar-refractivity contribution in [2.45, 2.75) is 19.1 Å². The summed E-state index contributed by atoms with van der Waals surface area (Å²) in [5.41, 5.74) is 0.730. The van der Waals surface area contributed by atoms with Crippen LogP contribution in [0.15, 0.2) is 24.3 Å². The van der Waals surface area contributed by atoms with Gasteiger partial charge in [0.1, 0.15) is 5.75 Å². The van der Waals surface area contributed by atoms with Crippen LogP contribution >= 0.6 is 11.8 Å². The highest BCUT2D eigenvalue weighted by atomic mass is 32.2. The van der Waals surface area contributed by atoms with Crippen molar-refractivity contribution in [3.05, 3.63) is 24.3 Å². The van der Waals surface area contributed by atoms with Gasteiger partial charge >= 0.3 is 0 Å². The van der Waals surface area contributed by atoms with Gasteiger partial charge in [-0.25, -0.2) is 0 Å². The van der Waals surface area contributed by atoms with E-state index < -0.39 is 0 Å². The Morgan fingerprint density at radius 1 is 1.50 bits per heavy atom. The minimum absolute atomic E-state index is 0.0978. The molecule has 0 heterocycles. The molecule has 1 rings (SSSR count). The van der Waals surface area contributed by atoms with Crippen LogP contribution in [0.2, 0.25) is 0 Å². The molecular formula is C13H16N2O2S. The number of benzene rings is 1. The number of amides is 1. The van der Waals surface area contributed by atoms with Gasteiger partial charge in [-0.15, -0.1) is 11.8 Å². The lowest BCUT2D eigenvalue weighted by molar-refractivity contribution is -0.115. The van der Waals surface area contributed by atoms with Crippen molar-refractivity contribution in [3.8, 4) is 11.8 Å². The van der Waals surface area contributed by atoms with E-state index >= 15 is 0 Å². The summed E-state index contributed by atoms with van der Waals surface area (Å²) in [6, 6.07) is 9.22. The van der Waals surface area contributed by atoms with Crippen LogP contribution in [0.4, 0.5) is 5.69 Å². The fraction of sp³-hybridized carbons (Fsp3) is 0.385. The Bertz CT molecular complexity index is 426. The quantitative estimate of drug-likeness (QED) is 0.858. The standard InChI is InChI=1S/C13H16N2O2S/c1-3-17-12-6-4-11(5-7-12)15-13(16)10(2)18-9-8-14/h4-7,10H,3,9H2,1-2H3,(H,15,16). The molecule has 0 aliphatic carbocycles. The average molecular weight is 264 g/mol. The Balaban J connectivity index is 2.51. The van der Waals surface area contributed by atoms with E-state index in [0.717, 1.165) is 11.4 Å². The highest BCUT2D eigenvalue weighted by molar-refractivity contribution is 8.00. The third-order valence-corrected chi connectivity index (χ3v) is 3.21. The van der Waals surface area contributed by atoms with Crippen molar-refractivity contribution < 1.29 is 9.53 Å². The average Bonchev–Trinajstić information content (AvgIpc) is 2.38. The molecule has 4 nitrogen and oxygen atoms in total. The van der Waals surface area contributed by atoms with Gasteiger partial charge in [-0.1, -0.05) is 0 Å². The van der Waals surface area contributed by atoms with Crippen LogP contribution in [0.25, 0.3) is 0 Å². The Morgan fingerprint density at radius 3 is 2.72 bits per heavy atom. The number of thioether (sulfide) groups is 1. The van der Waals surface area contributed by atoms with Crippen molar-refractivity contribution in [1.29, 1.82) is 5.26 Å². The Morgan fingerprint density at radius 2 is 2.17 bits per heavy atom. The smallest absolute Gasteiger partial charge is 0.237 e. The number of hydrogen-bond acceptors (Lipinski definition) is 4. The van der Waals surface area contributed by atoms with E-state index in [1.165, 1.54) is 11.8 Å². The normalized spacial score (nSPS) is 11.4. The maximum Gasteiger partial charge on any atom is 0.237 e. The third-order valence-electron chi connectivity index (χ3n) is 2.20. The van der Waals surface area contributed by atoms with Crippen LogP contribution in [0.5, 0.6) is 5.75 Å². The van der Waals surface area contributed by atoms with Crippen molar-refractivity contribution in [2.24, 2.45) is 0 Å². The van der Waals surface area contributed by atoms with E-state index in [2.05, 4.69) is 5.32 Å². The number of anilines is 1. The van der Waals surface area contributed by atoms with E-state index in [4.69, 9.17) is 10.00 Å². The maximum atomic E-state index is 11.8. The molecule has 1 unspecified atom stereocenters. The zero-order valence-electron chi connectivity index (χ0n) is 10.5. The first-order chi connectivity index (χ1) is 8.67. The Labute approximate surface area is 111 Å². The predicted octanol–water partition coefficient (Wildman–Crippen LogP) is 2.67. The molecule has 1 atom stereocenters. The molecule has 0 saturated carbocycles. The molecule has 0 spiro atoms. The molecule has 1 N–H and O–H groups in total. The minimum Gasteiger partial charge on any atom is -0.494 e. The van der Waals surface area contributed by atoms with Gasteiger partial charge in [-0.05, 0) is 38.1 Å². The highest BCUT2D eigenvalue weighted by Gasteiger charge is 2.12. The van der Waals surface area contributed by atoms with Crippen molar-refractivity contribution in [1.82, 2.24) is 0 Å². The molecule has 5 heteroatoms. The van der Waals surface area contributed by atoms with Crippen molar-refractivity contribution >= 4 is 23.4 Å². The predicted molar refractivity (Wildman–Crippen MR) is 73.8 cm³/mol. The number of hydrogen-bond donors (Lipinski definition) is 1. The van der Waals surface area contributed by atoms with Crippen LogP contribution in [-0.4, -0.2) is 23.5 Å². The summed E-state index contributed by atoms with van der Waals surface area (Å²) in [6.45, 7) is 4.32. The first kappa shape index (κ1) is 14.4. The van der Waals surface area contributed by atoms with Crippen molar-refractivity contribution in [2.75, 3.05) is 17.7 Å². The first-order valence-corrected chi connectivity index (χ1v) is 6.74. The Kier molecular flexibility index (Phi) is 6.09. The summed E-state index contributed by atoms with van der Waals surface area (Å²) in [4.78, 5) is 11.8. The molecule has 0 saturated heterocycles. The number of carbonyl (C=O) groups is 1. The van der Waals surface area contributed by atoms with E-state index in [9.17, 15) is 4.79 Å². The number of ether oxygens (including phenoxy) is 1. The fourth-order valence-corrected chi connectivity index (χ4v) is 1.82. The van der Waals surface area contributed by atoms with Gasteiger partial charge in [-0.2, -0.15) is 5.26 Å². The molecule has 0 aliphatic heterocycles. The van der Waals surface area contributed by atoms with Gasteiger partial charge in [0, 0.05) is 5.69 Å². The van der Waals surface area contributed by atoms with Crippen LogP contribution in [0.1, 0.15) is 13.8 Å². The topological polar surface area (TPSA) is 62.1 Å². The zero-order valence-corrected chi connectivity index (χ0v) is 11.3. The molecule has 0 aliphatic rings. The highest BCUT2D eigenvalue weighted by Crippen LogP contribution is 2.17. The van der Waals surface area contributed by atoms with Crippen LogP contribution in [0, 0.1) is 11.3 Å². The molecule has 0 bridgehead atoms. The molecule has 0 radical (unpaired) electrons. The molecule has 1 aromatic carbocycles. The summed E-state index contributed by atoms with van der Waals surface area (Å²) >= 11 is 1.32. The van der Waals surface area contributed by atoms with Gasteiger partial charge in [0.05, 0.1) is 23.7 Å². The van der Waals surface area contributed by atoms with Crippen molar-refractivity contribution in [3.63, 3.8) is 0 Å². The number of carbonyl (C=O) groups excluding carboxylic acids is 1. The summed E-state index contributed by atoms with van der Waals surface area (Å²) in [5, 5.41) is 11.0. The lowest BCUT2D eigenvalue weighted by Gasteiger charge is -2.11. The van der Waals surface area contributed by atoms with E-state index in [-0.39, 0.29) is 11.2 Å². The summed E-state index contributed by atoms with van der Waals surface area (Å²) in [6.07, 6.45) is 0. The fourth-order valence-electron chi connectivity index (χ4n) is 1.28. The van der Waals surface area contributed by atoms with Gasteiger partial charge in [0.2, 0.25) is 5.91 Å². The third kappa shape index (κ3) is 4.68. The van der Waals surface area contributed by atoms with Crippen LogP contribution < -0.4 is 10.1 Å². The number of nitrogens with one attached hydrogen (secondary N) is 1. The minimum atomic E-state index is -0.240. The van der Waals surface area contributed by atoms with E-state index in [1.54, 1.807) is 19.1 Å². The lowest BCUT2D eigenvalue weighted by atomic mass is 10.3. The van der Waals surface area contributed by atoms with Gasteiger partial charge < -0.3 is 10.1 Å². The molecule has 1 amide bonds. The molecule has 18 heavy (non-hydrogen) atoms. The van der Waals surface area contributed by atoms with E-state index in [1.807, 2.05) is 25.1 Å².